The quantitative estimate of drug-likeness (QED) is 0.478. The van der Waals surface area contributed by atoms with Crippen LogP contribution in [0.25, 0.3) is 5.69 Å². The molecule has 1 unspecified atom stereocenters. The zero-order chi connectivity index (χ0) is 23.9. The molecule has 2 aromatic carbocycles. The smallest absolute Gasteiger partial charge is 0.317 e. The highest BCUT2D eigenvalue weighted by Crippen LogP contribution is 2.32. The predicted octanol–water partition coefficient (Wildman–Crippen LogP) is 5.08. The summed E-state index contributed by atoms with van der Waals surface area (Å²) in [5, 5.41) is 7.71. The fourth-order valence-electron chi connectivity index (χ4n) is 4.09. The molecular formula is C26H31FN4O3. The number of hydrogen-bond acceptors (Lipinski definition) is 4. The van der Waals surface area contributed by atoms with Crippen LogP contribution in [0.1, 0.15) is 37.9 Å². The summed E-state index contributed by atoms with van der Waals surface area (Å²) in [4.78, 5) is 14.7. The van der Waals surface area contributed by atoms with E-state index in [9.17, 15) is 9.18 Å². The Morgan fingerprint density at radius 1 is 1.21 bits per heavy atom. The zero-order valence-corrected chi connectivity index (χ0v) is 19.7. The van der Waals surface area contributed by atoms with Crippen LogP contribution in [0.4, 0.5) is 9.18 Å². The monoisotopic (exact) mass is 466 g/mol. The summed E-state index contributed by atoms with van der Waals surface area (Å²) >= 11 is 0. The number of hydrogen-bond donors (Lipinski definition) is 1. The summed E-state index contributed by atoms with van der Waals surface area (Å²) in [6.07, 6.45) is 2.59. The lowest BCUT2D eigenvalue weighted by molar-refractivity contribution is 0.0793. The van der Waals surface area contributed by atoms with Gasteiger partial charge < -0.3 is 19.7 Å². The molecule has 0 spiro atoms. The van der Waals surface area contributed by atoms with Crippen LogP contribution in [-0.2, 0) is 17.7 Å². The van der Waals surface area contributed by atoms with Gasteiger partial charge in [-0.05, 0) is 62.6 Å². The molecule has 4 rings (SSSR count). The number of nitrogens with one attached hydrogen (secondary N) is 1. The highest BCUT2D eigenvalue weighted by atomic mass is 19.1. The van der Waals surface area contributed by atoms with Crippen LogP contribution in [-0.4, -0.2) is 46.5 Å². The van der Waals surface area contributed by atoms with Crippen molar-refractivity contribution in [3.8, 4) is 17.3 Å². The van der Waals surface area contributed by atoms with Gasteiger partial charge in [0.2, 0.25) is 5.88 Å². The maximum Gasteiger partial charge on any atom is 0.317 e. The minimum absolute atomic E-state index is 0.0123. The average molecular weight is 467 g/mol. The highest BCUT2D eigenvalue weighted by Gasteiger charge is 2.27. The highest BCUT2D eigenvalue weighted by molar-refractivity contribution is 5.74. The van der Waals surface area contributed by atoms with E-state index in [1.165, 1.54) is 12.1 Å². The Hall–Kier alpha value is -3.39. The van der Waals surface area contributed by atoms with E-state index in [1.807, 2.05) is 44.2 Å². The minimum atomic E-state index is -0.323. The molecule has 0 radical (unpaired) electrons. The fraction of sp³-hybridized carbons (Fsp3) is 0.385. The molecule has 1 N–H and O–H groups in total. The van der Waals surface area contributed by atoms with Crippen molar-refractivity contribution in [1.29, 1.82) is 0 Å². The Kier molecular flexibility index (Phi) is 7.80. The third-order valence-electron chi connectivity index (χ3n) is 5.80. The van der Waals surface area contributed by atoms with Gasteiger partial charge in [0.15, 0.2) is 0 Å². The number of benzene rings is 2. The summed E-state index contributed by atoms with van der Waals surface area (Å²) in [5.74, 6) is 0.839. The van der Waals surface area contributed by atoms with Gasteiger partial charge in [0, 0.05) is 19.7 Å². The topological polar surface area (TPSA) is 68.6 Å². The van der Waals surface area contributed by atoms with Crippen LogP contribution in [0.15, 0.2) is 54.6 Å². The number of urea groups is 1. The van der Waals surface area contributed by atoms with Gasteiger partial charge in [0.05, 0.1) is 29.6 Å². The first-order valence-electron chi connectivity index (χ1n) is 11.8. The van der Waals surface area contributed by atoms with E-state index in [-0.39, 0.29) is 18.0 Å². The number of nitrogens with zero attached hydrogens (tertiary/aromatic N) is 3. The lowest BCUT2D eigenvalue weighted by Gasteiger charge is -2.26. The van der Waals surface area contributed by atoms with Crippen molar-refractivity contribution >= 4 is 6.03 Å². The van der Waals surface area contributed by atoms with E-state index >= 15 is 0 Å². The molecule has 7 nitrogen and oxygen atoms in total. The number of halogens is 1. The number of aromatic nitrogens is 2. The van der Waals surface area contributed by atoms with Gasteiger partial charge in [-0.15, -0.1) is 0 Å². The molecule has 34 heavy (non-hydrogen) atoms. The molecule has 1 fully saturated rings. The summed E-state index contributed by atoms with van der Waals surface area (Å²) in [5.41, 5.74) is 2.31. The molecule has 3 aromatic rings. The number of rotatable bonds is 9. The maximum absolute atomic E-state index is 13.6. The molecule has 1 atom stereocenters. The molecule has 180 valence electrons. The summed E-state index contributed by atoms with van der Waals surface area (Å²) in [6.45, 7) is 5.97. The second-order valence-electron chi connectivity index (χ2n) is 8.24. The van der Waals surface area contributed by atoms with E-state index in [0.29, 0.717) is 43.4 Å². The van der Waals surface area contributed by atoms with Gasteiger partial charge >= 0.3 is 6.03 Å². The molecule has 2 heterocycles. The molecule has 8 heteroatoms. The summed E-state index contributed by atoms with van der Waals surface area (Å²) in [6, 6.07) is 15.4. The molecule has 1 aliphatic rings. The van der Waals surface area contributed by atoms with E-state index in [1.54, 1.807) is 21.7 Å². The van der Waals surface area contributed by atoms with Crippen LogP contribution in [0.2, 0.25) is 0 Å². The van der Waals surface area contributed by atoms with Gasteiger partial charge in [-0.2, -0.15) is 5.10 Å². The van der Waals surface area contributed by atoms with Crippen LogP contribution in [0, 0.1) is 5.82 Å². The molecule has 1 aliphatic heterocycles. The van der Waals surface area contributed by atoms with Crippen LogP contribution < -0.4 is 10.1 Å². The second-order valence-corrected chi connectivity index (χ2v) is 8.24. The Labute approximate surface area is 199 Å². The number of amides is 2. The first kappa shape index (κ1) is 23.8. The molecule has 0 aliphatic carbocycles. The van der Waals surface area contributed by atoms with Crippen molar-refractivity contribution in [2.75, 3.05) is 19.7 Å². The SMILES string of the molecule is CCNC(=O)N(Cc1c(CC)nn(-c2ccc(F)cc2)c1Oc1ccccc1)CC1CCCO1. The van der Waals surface area contributed by atoms with E-state index in [0.717, 1.165) is 30.7 Å². The van der Waals surface area contributed by atoms with Crippen molar-refractivity contribution in [3.63, 3.8) is 0 Å². The second kappa shape index (κ2) is 11.2. The third kappa shape index (κ3) is 5.56. The number of ether oxygens (including phenoxy) is 2. The van der Waals surface area contributed by atoms with Crippen LogP contribution in [0.3, 0.4) is 0 Å². The largest absolute Gasteiger partial charge is 0.439 e. The third-order valence-corrected chi connectivity index (χ3v) is 5.80. The van der Waals surface area contributed by atoms with Crippen LogP contribution >= 0.6 is 0 Å². The molecule has 1 aromatic heterocycles. The van der Waals surface area contributed by atoms with E-state index < -0.39 is 0 Å². The number of carbonyl (C=O) groups is 1. The van der Waals surface area contributed by atoms with E-state index in [4.69, 9.17) is 14.6 Å². The van der Waals surface area contributed by atoms with Crippen molar-refractivity contribution in [1.82, 2.24) is 20.0 Å². The lowest BCUT2D eigenvalue weighted by atomic mass is 10.1. The number of para-hydroxylation sites is 1. The Bertz CT molecular complexity index is 1080. The maximum atomic E-state index is 13.6. The Balaban J connectivity index is 1.75. The first-order valence-corrected chi connectivity index (χ1v) is 11.8. The average Bonchev–Trinajstić information content (AvgIpc) is 3.48. The Morgan fingerprint density at radius 2 is 1.97 bits per heavy atom. The fourth-order valence-corrected chi connectivity index (χ4v) is 4.09. The van der Waals surface area contributed by atoms with Crippen LogP contribution in [0.5, 0.6) is 11.6 Å². The van der Waals surface area contributed by atoms with Crippen molar-refractivity contribution in [2.45, 2.75) is 45.8 Å². The first-order chi connectivity index (χ1) is 16.6. The van der Waals surface area contributed by atoms with Gasteiger partial charge in [0.1, 0.15) is 11.6 Å². The van der Waals surface area contributed by atoms with Gasteiger partial charge in [0.25, 0.3) is 0 Å². The molecular weight excluding hydrogens is 435 g/mol. The standard InChI is InChI=1S/C26H31FN4O3/c1-3-24-23(18-30(26(32)28-4-2)17-22-11-8-16-33-22)25(34-21-9-6-5-7-10-21)31(29-24)20-14-12-19(27)13-15-20/h5-7,9-10,12-15,22H,3-4,8,11,16-18H2,1-2H3,(H,28,32). The predicted molar refractivity (Wildman–Crippen MR) is 128 cm³/mol. The number of aryl methyl sites for hydroxylation is 1. The van der Waals surface area contributed by atoms with Gasteiger partial charge in [-0.3, -0.25) is 0 Å². The van der Waals surface area contributed by atoms with Crippen molar-refractivity contribution in [3.05, 3.63) is 71.7 Å². The zero-order valence-electron chi connectivity index (χ0n) is 19.7. The normalized spacial score (nSPS) is 15.3. The Morgan fingerprint density at radius 3 is 2.62 bits per heavy atom. The summed E-state index contributed by atoms with van der Waals surface area (Å²) in [7, 11) is 0. The van der Waals surface area contributed by atoms with Crippen molar-refractivity contribution < 1.29 is 18.7 Å². The molecule has 2 amide bonds. The number of carbonyl (C=O) groups excluding carboxylic acids is 1. The molecule has 0 saturated carbocycles. The lowest BCUT2D eigenvalue weighted by Crippen LogP contribution is -2.43. The molecule has 0 bridgehead atoms. The van der Waals surface area contributed by atoms with Gasteiger partial charge in [-0.1, -0.05) is 25.1 Å². The molecule has 1 saturated heterocycles. The van der Waals surface area contributed by atoms with Crippen molar-refractivity contribution in [2.24, 2.45) is 0 Å². The summed E-state index contributed by atoms with van der Waals surface area (Å²) < 4.78 is 27.4. The van der Waals surface area contributed by atoms with E-state index in [2.05, 4.69) is 5.32 Å². The van der Waals surface area contributed by atoms with Gasteiger partial charge in [-0.25, -0.2) is 13.9 Å². The minimum Gasteiger partial charge on any atom is -0.439 e.